The molecule has 128 valence electrons. The second-order valence-corrected chi connectivity index (χ2v) is 6.27. The summed E-state index contributed by atoms with van der Waals surface area (Å²) >= 11 is 6.17. The molecular weight excluding hydrogens is 332 g/mol. The molecule has 2 aromatic carbocycles. The molecule has 0 atom stereocenters. The van der Waals surface area contributed by atoms with Crippen LogP contribution in [-0.4, -0.2) is 16.5 Å². The van der Waals surface area contributed by atoms with Gasteiger partial charge in [0.2, 0.25) is 5.95 Å². The summed E-state index contributed by atoms with van der Waals surface area (Å²) in [5.41, 5.74) is 3.49. The summed E-state index contributed by atoms with van der Waals surface area (Å²) in [7, 11) is 0. The van der Waals surface area contributed by atoms with Gasteiger partial charge in [0.15, 0.2) is 0 Å². The second kappa shape index (κ2) is 8.49. The van der Waals surface area contributed by atoms with E-state index in [-0.39, 0.29) is 0 Å². The smallest absolute Gasteiger partial charge is 0.224 e. The third-order valence-electron chi connectivity index (χ3n) is 3.91. The number of aryl methyl sites for hydroxylation is 1. The van der Waals surface area contributed by atoms with Gasteiger partial charge >= 0.3 is 0 Å². The highest BCUT2D eigenvalue weighted by atomic mass is 35.5. The first-order chi connectivity index (χ1) is 12.2. The van der Waals surface area contributed by atoms with E-state index in [2.05, 4.69) is 38.8 Å². The Balaban J connectivity index is 1.53. The van der Waals surface area contributed by atoms with Gasteiger partial charge in [0.1, 0.15) is 5.82 Å². The van der Waals surface area contributed by atoms with E-state index in [0.717, 1.165) is 34.9 Å². The Kier molecular flexibility index (Phi) is 5.86. The van der Waals surface area contributed by atoms with Gasteiger partial charge in [-0.3, -0.25) is 0 Å². The number of rotatable bonds is 7. The van der Waals surface area contributed by atoms with Crippen LogP contribution in [0.1, 0.15) is 16.7 Å². The van der Waals surface area contributed by atoms with Gasteiger partial charge in [-0.1, -0.05) is 54.1 Å². The van der Waals surface area contributed by atoms with E-state index in [0.29, 0.717) is 12.5 Å². The fourth-order valence-corrected chi connectivity index (χ4v) is 2.65. The molecular formula is C20H21ClN4. The second-order valence-electron chi connectivity index (χ2n) is 5.86. The average molecular weight is 353 g/mol. The molecule has 0 radical (unpaired) electrons. The summed E-state index contributed by atoms with van der Waals surface area (Å²) in [6.45, 7) is 3.46. The predicted molar refractivity (Wildman–Crippen MR) is 104 cm³/mol. The summed E-state index contributed by atoms with van der Waals surface area (Å²) in [5.74, 6) is 1.41. The van der Waals surface area contributed by atoms with E-state index in [1.165, 1.54) is 5.56 Å². The van der Waals surface area contributed by atoms with Crippen LogP contribution in [0, 0.1) is 6.92 Å². The van der Waals surface area contributed by atoms with E-state index in [9.17, 15) is 0 Å². The number of anilines is 2. The number of hydrogen-bond donors (Lipinski definition) is 2. The molecule has 0 bridgehead atoms. The molecule has 0 saturated carbocycles. The number of nitrogens with one attached hydrogen (secondary N) is 2. The molecule has 0 aliphatic heterocycles. The number of aromatic nitrogens is 2. The molecule has 0 amide bonds. The third-order valence-corrected chi connectivity index (χ3v) is 4.31. The zero-order chi connectivity index (χ0) is 17.5. The topological polar surface area (TPSA) is 49.8 Å². The van der Waals surface area contributed by atoms with Crippen LogP contribution in [0.15, 0.2) is 60.8 Å². The molecule has 3 rings (SSSR count). The minimum absolute atomic E-state index is 0.628. The van der Waals surface area contributed by atoms with Crippen LogP contribution < -0.4 is 10.6 Å². The van der Waals surface area contributed by atoms with Crippen molar-refractivity contribution in [3.63, 3.8) is 0 Å². The van der Waals surface area contributed by atoms with Gasteiger partial charge in [-0.2, -0.15) is 4.98 Å². The monoisotopic (exact) mass is 352 g/mol. The maximum absolute atomic E-state index is 6.17. The number of hydrogen-bond acceptors (Lipinski definition) is 4. The normalized spacial score (nSPS) is 10.5. The van der Waals surface area contributed by atoms with Gasteiger partial charge in [-0.05, 0) is 42.2 Å². The van der Waals surface area contributed by atoms with Crippen molar-refractivity contribution in [3.05, 3.63) is 82.5 Å². The van der Waals surface area contributed by atoms with Crippen molar-refractivity contribution >= 4 is 23.4 Å². The first-order valence-corrected chi connectivity index (χ1v) is 8.68. The van der Waals surface area contributed by atoms with E-state index in [4.69, 9.17) is 11.6 Å². The molecule has 25 heavy (non-hydrogen) atoms. The predicted octanol–water partition coefficient (Wildman–Crippen LogP) is 4.71. The standard InChI is InChI=1S/C20H21ClN4/c1-15-7-8-17(13-18(15)21)14-24-19-10-12-23-20(25-19)22-11-9-16-5-3-2-4-6-16/h2-8,10,12-13H,9,11,14H2,1H3,(H2,22,23,24,25). The van der Waals surface area contributed by atoms with Crippen molar-refractivity contribution in [2.45, 2.75) is 19.9 Å². The van der Waals surface area contributed by atoms with Crippen LogP contribution in [0.5, 0.6) is 0 Å². The summed E-state index contributed by atoms with van der Waals surface area (Å²) in [6.07, 6.45) is 2.69. The molecule has 0 saturated heterocycles. The van der Waals surface area contributed by atoms with E-state index >= 15 is 0 Å². The van der Waals surface area contributed by atoms with Crippen molar-refractivity contribution in [2.24, 2.45) is 0 Å². The Hall–Kier alpha value is -2.59. The summed E-state index contributed by atoms with van der Waals surface area (Å²) in [4.78, 5) is 8.76. The van der Waals surface area contributed by atoms with Crippen molar-refractivity contribution in [1.29, 1.82) is 0 Å². The van der Waals surface area contributed by atoms with E-state index in [1.807, 2.05) is 43.3 Å². The largest absolute Gasteiger partial charge is 0.366 e. The highest BCUT2D eigenvalue weighted by molar-refractivity contribution is 6.31. The Morgan fingerprint density at radius 1 is 0.960 bits per heavy atom. The Morgan fingerprint density at radius 3 is 2.60 bits per heavy atom. The fraction of sp³-hybridized carbons (Fsp3) is 0.200. The highest BCUT2D eigenvalue weighted by Crippen LogP contribution is 2.17. The zero-order valence-electron chi connectivity index (χ0n) is 14.2. The first kappa shape index (κ1) is 17.2. The lowest BCUT2D eigenvalue weighted by molar-refractivity contribution is 0.979. The SMILES string of the molecule is Cc1ccc(CNc2ccnc(NCCc3ccccc3)n2)cc1Cl. The Morgan fingerprint density at radius 2 is 1.80 bits per heavy atom. The van der Waals surface area contributed by atoms with Gasteiger partial charge in [-0.25, -0.2) is 4.98 Å². The average Bonchev–Trinajstić information content (AvgIpc) is 2.64. The van der Waals surface area contributed by atoms with E-state index in [1.54, 1.807) is 6.20 Å². The van der Waals surface area contributed by atoms with Crippen molar-refractivity contribution in [2.75, 3.05) is 17.2 Å². The van der Waals surface area contributed by atoms with Gasteiger partial charge in [0.05, 0.1) is 0 Å². The number of nitrogens with zero attached hydrogens (tertiary/aromatic N) is 2. The summed E-state index contributed by atoms with van der Waals surface area (Å²) < 4.78 is 0. The lowest BCUT2D eigenvalue weighted by Gasteiger charge is -2.09. The quantitative estimate of drug-likeness (QED) is 0.646. The zero-order valence-corrected chi connectivity index (χ0v) is 14.9. The van der Waals surface area contributed by atoms with Crippen molar-refractivity contribution in [1.82, 2.24) is 9.97 Å². The molecule has 2 N–H and O–H groups in total. The highest BCUT2D eigenvalue weighted by Gasteiger charge is 2.01. The molecule has 4 nitrogen and oxygen atoms in total. The lowest BCUT2D eigenvalue weighted by atomic mass is 10.1. The third kappa shape index (κ3) is 5.19. The molecule has 3 aromatic rings. The molecule has 1 aromatic heterocycles. The van der Waals surface area contributed by atoms with Crippen LogP contribution in [-0.2, 0) is 13.0 Å². The fourth-order valence-electron chi connectivity index (χ4n) is 2.44. The molecule has 0 aliphatic rings. The van der Waals surface area contributed by atoms with Crippen LogP contribution in [0.25, 0.3) is 0 Å². The number of benzene rings is 2. The van der Waals surface area contributed by atoms with Crippen molar-refractivity contribution < 1.29 is 0 Å². The van der Waals surface area contributed by atoms with Gasteiger partial charge in [0, 0.05) is 24.3 Å². The maximum Gasteiger partial charge on any atom is 0.224 e. The molecule has 0 aliphatic carbocycles. The lowest BCUT2D eigenvalue weighted by Crippen LogP contribution is -2.09. The minimum atomic E-state index is 0.628. The number of halogens is 1. The van der Waals surface area contributed by atoms with Crippen molar-refractivity contribution in [3.8, 4) is 0 Å². The molecule has 0 fully saturated rings. The Bertz CT molecular complexity index is 821. The van der Waals surface area contributed by atoms with Crippen LogP contribution in [0.3, 0.4) is 0 Å². The van der Waals surface area contributed by atoms with Crippen LogP contribution >= 0.6 is 11.6 Å². The van der Waals surface area contributed by atoms with Gasteiger partial charge < -0.3 is 10.6 Å². The summed E-state index contributed by atoms with van der Waals surface area (Å²) in [5, 5.41) is 7.35. The molecule has 0 unspecified atom stereocenters. The van der Waals surface area contributed by atoms with Crippen LogP contribution in [0.2, 0.25) is 5.02 Å². The molecule has 5 heteroatoms. The molecule has 1 heterocycles. The van der Waals surface area contributed by atoms with Gasteiger partial charge in [0.25, 0.3) is 0 Å². The first-order valence-electron chi connectivity index (χ1n) is 8.30. The molecule has 0 spiro atoms. The summed E-state index contributed by atoms with van der Waals surface area (Å²) in [6, 6.07) is 18.3. The Labute approximate surface area is 153 Å². The van der Waals surface area contributed by atoms with E-state index < -0.39 is 0 Å². The van der Waals surface area contributed by atoms with Gasteiger partial charge in [-0.15, -0.1) is 0 Å². The van der Waals surface area contributed by atoms with Crippen LogP contribution in [0.4, 0.5) is 11.8 Å². The maximum atomic E-state index is 6.17. The minimum Gasteiger partial charge on any atom is -0.366 e.